The fourth-order valence-corrected chi connectivity index (χ4v) is 3.72. The molecule has 2 heterocycles. The van der Waals surface area contributed by atoms with Crippen molar-refractivity contribution in [3.63, 3.8) is 0 Å². The van der Waals surface area contributed by atoms with Crippen LogP contribution in [0.4, 0.5) is 0 Å². The van der Waals surface area contributed by atoms with E-state index in [1.54, 1.807) is 0 Å². The van der Waals surface area contributed by atoms with Gasteiger partial charge >= 0.3 is 0 Å². The topological polar surface area (TPSA) is 32.7 Å². The van der Waals surface area contributed by atoms with Crippen LogP contribution in [0.3, 0.4) is 0 Å². The maximum atomic E-state index is 9.65. The molecular weight excluding hydrogens is 222 g/mol. The van der Waals surface area contributed by atoms with Crippen molar-refractivity contribution in [2.45, 2.75) is 25.8 Å². The van der Waals surface area contributed by atoms with Crippen LogP contribution in [0.15, 0.2) is 0 Å². The summed E-state index contributed by atoms with van der Waals surface area (Å²) in [5.74, 6) is 2.45. The molecule has 2 aliphatic rings. The van der Waals surface area contributed by atoms with E-state index in [1.165, 1.54) is 11.5 Å². The highest BCUT2D eigenvalue weighted by molar-refractivity contribution is 7.99. The zero-order valence-corrected chi connectivity index (χ0v) is 11.0. The highest BCUT2D eigenvalue weighted by atomic mass is 32.2. The van der Waals surface area contributed by atoms with Gasteiger partial charge in [0, 0.05) is 42.7 Å². The van der Waals surface area contributed by atoms with Crippen molar-refractivity contribution in [2.75, 3.05) is 44.4 Å². The molecule has 94 valence electrons. The molecule has 0 spiro atoms. The predicted octanol–water partition coefficient (Wildman–Crippen LogP) is 1.21. The molecule has 2 atom stereocenters. The van der Waals surface area contributed by atoms with E-state index in [0.717, 1.165) is 39.1 Å². The van der Waals surface area contributed by atoms with E-state index < -0.39 is 0 Å². The third kappa shape index (κ3) is 2.92. The molecule has 2 aliphatic heterocycles. The molecular formula is C12H23NO2S. The van der Waals surface area contributed by atoms with Gasteiger partial charge < -0.3 is 9.84 Å². The SMILES string of the molecule is CC1CSCCN1CC1(CO)CCCOC1. The van der Waals surface area contributed by atoms with Crippen LogP contribution in [0.1, 0.15) is 19.8 Å². The van der Waals surface area contributed by atoms with E-state index in [4.69, 9.17) is 4.74 Å². The number of hydrogen-bond donors (Lipinski definition) is 1. The monoisotopic (exact) mass is 245 g/mol. The molecule has 0 radical (unpaired) electrons. The van der Waals surface area contributed by atoms with E-state index in [-0.39, 0.29) is 12.0 Å². The second kappa shape index (κ2) is 5.71. The fourth-order valence-electron chi connectivity index (χ4n) is 2.64. The number of aliphatic hydroxyl groups excluding tert-OH is 1. The number of aliphatic hydroxyl groups is 1. The van der Waals surface area contributed by atoms with Crippen LogP contribution >= 0.6 is 11.8 Å². The standard InChI is InChI=1S/C12H23NO2S/c1-11-7-16-6-4-13(11)8-12(9-14)3-2-5-15-10-12/h11,14H,2-10H2,1H3. The molecule has 0 saturated carbocycles. The van der Waals surface area contributed by atoms with E-state index in [2.05, 4.69) is 11.8 Å². The van der Waals surface area contributed by atoms with Gasteiger partial charge in [0.15, 0.2) is 0 Å². The molecule has 16 heavy (non-hydrogen) atoms. The summed E-state index contributed by atoms with van der Waals surface area (Å²) in [7, 11) is 0. The van der Waals surface area contributed by atoms with Gasteiger partial charge in [0.1, 0.15) is 0 Å². The van der Waals surface area contributed by atoms with Crippen LogP contribution in [0.25, 0.3) is 0 Å². The Balaban J connectivity index is 1.93. The van der Waals surface area contributed by atoms with Crippen LogP contribution in [-0.2, 0) is 4.74 Å². The van der Waals surface area contributed by atoms with Gasteiger partial charge in [-0.2, -0.15) is 11.8 Å². The summed E-state index contributed by atoms with van der Waals surface area (Å²) in [6.45, 7) is 6.33. The molecule has 2 saturated heterocycles. The number of hydrogen-bond acceptors (Lipinski definition) is 4. The summed E-state index contributed by atoms with van der Waals surface area (Å²) in [5, 5.41) is 9.65. The number of thioether (sulfide) groups is 1. The minimum Gasteiger partial charge on any atom is -0.396 e. The Kier molecular flexibility index (Phi) is 4.53. The zero-order chi connectivity index (χ0) is 11.4. The lowest BCUT2D eigenvalue weighted by atomic mass is 9.82. The largest absolute Gasteiger partial charge is 0.396 e. The second-order valence-electron chi connectivity index (χ2n) is 5.21. The van der Waals surface area contributed by atoms with Crippen molar-refractivity contribution in [1.82, 2.24) is 4.90 Å². The fraction of sp³-hybridized carbons (Fsp3) is 1.00. The Morgan fingerprint density at radius 1 is 1.56 bits per heavy atom. The van der Waals surface area contributed by atoms with E-state index in [0.29, 0.717) is 6.04 Å². The highest BCUT2D eigenvalue weighted by Crippen LogP contribution is 2.31. The van der Waals surface area contributed by atoms with Gasteiger partial charge in [0.05, 0.1) is 13.2 Å². The van der Waals surface area contributed by atoms with E-state index >= 15 is 0 Å². The van der Waals surface area contributed by atoms with Crippen molar-refractivity contribution >= 4 is 11.8 Å². The smallest absolute Gasteiger partial charge is 0.0556 e. The molecule has 0 bridgehead atoms. The third-order valence-corrected chi connectivity index (χ3v) is 4.97. The molecule has 2 fully saturated rings. The number of ether oxygens (including phenoxy) is 1. The van der Waals surface area contributed by atoms with E-state index in [1.807, 2.05) is 11.8 Å². The minimum atomic E-state index is 0.00845. The van der Waals surface area contributed by atoms with Crippen molar-refractivity contribution in [3.8, 4) is 0 Å². The minimum absolute atomic E-state index is 0.00845. The molecule has 2 rings (SSSR count). The molecule has 0 aromatic heterocycles. The molecule has 0 amide bonds. The van der Waals surface area contributed by atoms with Crippen molar-refractivity contribution < 1.29 is 9.84 Å². The summed E-state index contributed by atoms with van der Waals surface area (Å²) >= 11 is 2.04. The summed E-state index contributed by atoms with van der Waals surface area (Å²) in [4.78, 5) is 2.53. The first-order valence-electron chi connectivity index (χ1n) is 6.26. The maximum Gasteiger partial charge on any atom is 0.0556 e. The highest BCUT2D eigenvalue weighted by Gasteiger charge is 2.35. The molecule has 0 aromatic rings. The first kappa shape index (κ1) is 12.7. The van der Waals surface area contributed by atoms with E-state index in [9.17, 15) is 5.11 Å². The average molecular weight is 245 g/mol. The molecule has 1 N–H and O–H groups in total. The molecule has 0 aromatic carbocycles. The molecule has 2 unspecified atom stereocenters. The van der Waals surface area contributed by atoms with Crippen LogP contribution < -0.4 is 0 Å². The summed E-state index contributed by atoms with van der Waals surface area (Å²) in [6.07, 6.45) is 2.21. The summed E-state index contributed by atoms with van der Waals surface area (Å²) < 4.78 is 5.56. The lowest BCUT2D eigenvalue weighted by molar-refractivity contribution is -0.0585. The second-order valence-corrected chi connectivity index (χ2v) is 6.36. The maximum absolute atomic E-state index is 9.65. The number of nitrogens with zero attached hydrogens (tertiary/aromatic N) is 1. The van der Waals surface area contributed by atoms with Crippen molar-refractivity contribution in [1.29, 1.82) is 0 Å². The molecule has 4 heteroatoms. The van der Waals surface area contributed by atoms with Gasteiger partial charge in [-0.25, -0.2) is 0 Å². The molecule has 3 nitrogen and oxygen atoms in total. The summed E-state index contributed by atoms with van der Waals surface area (Å²) in [6, 6.07) is 0.643. The van der Waals surface area contributed by atoms with Crippen molar-refractivity contribution in [2.24, 2.45) is 5.41 Å². The lowest BCUT2D eigenvalue weighted by Crippen LogP contribution is -2.50. The Morgan fingerprint density at radius 3 is 3.06 bits per heavy atom. The summed E-state index contributed by atoms with van der Waals surface area (Å²) in [5.41, 5.74) is 0.00845. The van der Waals surface area contributed by atoms with Crippen LogP contribution in [0.2, 0.25) is 0 Å². The average Bonchev–Trinajstić information content (AvgIpc) is 2.33. The Labute approximate surface area is 103 Å². The quantitative estimate of drug-likeness (QED) is 0.810. The van der Waals surface area contributed by atoms with Gasteiger partial charge in [-0.1, -0.05) is 0 Å². The van der Waals surface area contributed by atoms with Crippen molar-refractivity contribution in [3.05, 3.63) is 0 Å². The predicted molar refractivity (Wildman–Crippen MR) is 67.9 cm³/mol. The third-order valence-electron chi connectivity index (χ3n) is 3.78. The van der Waals surface area contributed by atoms with Crippen LogP contribution in [0, 0.1) is 5.41 Å². The first-order valence-corrected chi connectivity index (χ1v) is 7.42. The number of rotatable bonds is 3. The Morgan fingerprint density at radius 2 is 2.44 bits per heavy atom. The Hall–Kier alpha value is 0.230. The lowest BCUT2D eigenvalue weighted by Gasteiger charge is -2.43. The van der Waals surface area contributed by atoms with Crippen LogP contribution in [-0.4, -0.2) is 60.5 Å². The van der Waals surface area contributed by atoms with Gasteiger partial charge in [0.25, 0.3) is 0 Å². The van der Waals surface area contributed by atoms with Crippen LogP contribution in [0.5, 0.6) is 0 Å². The normalized spacial score (nSPS) is 37.5. The van der Waals surface area contributed by atoms with Gasteiger partial charge in [-0.3, -0.25) is 4.90 Å². The molecule has 0 aliphatic carbocycles. The Bertz CT molecular complexity index is 219. The van der Waals surface area contributed by atoms with Gasteiger partial charge in [0.2, 0.25) is 0 Å². The first-order chi connectivity index (χ1) is 7.76. The van der Waals surface area contributed by atoms with Gasteiger partial charge in [-0.15, -0.1) is 0 Å². The van der Waals surface area contributed by atoms with Gasteiger partial charge in [-0.05, 0) is 19.8 Å². The zero-order valence-electron chi connectivity index (χ0n) is 10.2.